The molecule has 4 aromatic rings. The van der Waals surface area contributed by atoms with Crippen LogP contribution in [0.3, 0.4) is 0 Å². The molecule has 2 atom stereocenters. The Labute approximate surface area is 261 Å². The number of nitrogens with one attached hydrogen (secondary N) is 1. The largest absolute Gasteiger partial charge is 0.436 e. The highest BCUT2D eigenvalue weighted by Crippen LogP contribution is 2.31. The summed E-state index contributed by atoms with van der Waals surface area (Å²) >= 11 is 0. The van der Waals surface area contributed by atoms with Crippen molar-refractivity contribution in [1.82, 2.24) is 14.8 Å². The van der Waals surface area contributed by atoms with E-state index in [1.165, 1.54) is 11.8 Å². The minimum absolute atomic E-state index is 0.0391. The summed E-state index contributed by atoms with van der Waals surface area (Å²) in [6.07, 6.45) is 5.33. The zero-order valence-electron chi connectivity index (χ0n) is 25.1. The minimum atomic E-state index is -0.487. The third kappa shape index (κ3) is 6.50. The lowest BCUT2D eigenvalue weighted by molar-refractivity contribution is -0.138. The van der Waals surface area contributed by atoms with Gasteiger partial charge in [0.05, 0.1) is 12.6 Å². The van der Waals surface area contributed by atoms with Crippen molar-refractivity contribution in [3.63, 3.8) is 0 Å². The van der Waals surface area contributed by atoms with E-state index in [0.29, 0.717) is 36.7 Å². The van der Waals surface area contributed by atoms with Crippen molar-refractivity contribution in [3.05, 3.63) is 90.6 Å². The molecule has 3 aromatic carbocycles. The number of hydrogen-bond donors (Lipinski definition) is 1. The van der Waals surface area contributed by atoms with Gasteiger partial charge in [0.2, 0.25) is 30.0 Å². The Hall–Kier alpha value is -5.25. The van der Waals surface area contributed by atoms with E-state index in [1.54, 1.807) is 11.1 Å². The highest BCUT2D eigenvalue weighted by atomic mass is 16.4. The number of likely N-dealkylation sites (tertiary alicyclic amines) is 1. The van der Waals surface area contributed by atoms with E-state index in [-0.39, 0.29) is 30.3 Å². The van der Waals surface area contributed by atoms with Gasteiger partial charge in [-0.15, -0.1) is 0 Å². The van der Waals surface area contributed by atoms with Crippen molar-refractivity contribution < 1.29 is 23.6 Å². The summed E-state index contributed by atoms with van der Waals surface area (Å²) in [5, 5.41) is 2.97. The number of imide groups is 1. The molecule has 1 unspecified atom stereocenters. The van der Waals surface area contributed by atoms with Gasteiger partial charge in [-0.3, -0.25) is 24.1 Å². The molecule has 1 N–H and O–H groups in total. The fraction of sp³-hybridized carbons (Fsp3) is 0.286. The zero-order chi connectivity index (χ0) is 31.3. The molecule has 0 spiro atoms. The van der Waals surface area contributed by atoms with Crippen molar-refractivity contribution >= 4 is 35.5 Å². The molecule has 10 nitrogen and oxygen atoms in total. The lowest BCUT2D eigenvalue weighted by atomic mass is 10.1. The van der Waals surface area contributed by atoms with E-state index in [4.69, 9.17) is 4.42 Å². The van der Waals surface area contributed by atoms with E-state index in [1.807, 2.05) is 78.9 Å². The average Bonchev–Trinajstić information content (AvgIpc) is 3.84. The predicted molar refractivity (Wildman–Crippen MR) is 170 cm³/mol. The van der Waals surface area contributed by atoms with Crippen LogP contribution in [0.1, 0.15) is 38.2 Å². The molecule has 45 heavy (non-hydrogen) atoms. The van der Waals surface area contributed by atoms with Gasteiger partial charge >= 0.3 is 0 Å². The molecule has 0 bridgehead atoms. The number of aromatic nitrogens is 1. The first-order valence-electron chi connectivity index (χ1n) is 15.2. The van der Waals surface area contributed by atoms with Crippen LogP contribution in [0.2, 0.25) is 0 Å². The number of nitrogens with zero attached hydrogens (tertiary/aromatic N) is 4. The van der Waals surface area contributed by atoms with E-state index in [9.17, 15) is 19.2 Å². The molecular weight excluding hydrogens is 570 g/mol. The molecule has 6 rings (SSSR count). The minimum Gasteiger partial charge on any atom is -0.436 e. The van der Waals surface area contributed by atoms with Crippen LogP contribution < -0.4 is 10.2 Å². The lowest BCUT2D eigenvalue weighted by Crippen LogP contribution is -2.46. The number of carbonyl (C=O) groups is 4. The van der Waals surface area contributed by atoms with E-state index < -0.39 is 6.04 Å². The quantitative estimate of drug-likeness (QED) is 0.264. The Morgan fingerprint density at radius 1 is 0.933 bits per heavy atom. The zero-order valence-corrected chi connectivity index (χ0v) is 25.1. The van der Waals surface area contributed by atoms with Crippen molar-refractivity contribution in [2.24, 2.45) is 0 Å². The second-order valence-corrected chi connectivity index (χ2v) is 11.4. The topological polar surface area (TPSA) is 116 Å². The number of carbonyl (C=O) groups excluding carboxylic acids is 4. The predicted octanol–water partition coefficient (Wildman–Crippen LogP) is 5.11. The standard InChI is InChI=1S/C35H35N5O5/c1-24(42)40(23-41)32-10-6-19-38(32)29-17-13-27(14-18-29)35-36-22-31(45-35)26-11-15-28(16-12-26)37-34(44)30-9-5-20-39(30)33(43)21-25-7-3-2-4-8-25/h2-4,7-8,11-18,22-23,30,32H,5-6,9-10,19-21H2,1H3,(H,37,44)/t30-,32?/m0/s1. The van der Waals surface area contributed by atoms with Crippen LogP contribution in [0, 0.1) is 0 Å². The first-order valence-corrected chi connectivity index (χ1v) is 15.2. The summed E-state index contributed by atoms with van der Waals surface area (Å²) in [4.78, 5) is 59.0. The maximum Gasteiger partial charge on any atom is 0.247 e. The Kier molecular flexibility index (Phi) is 8.72. The van der Waals surface area contributed by atoms with Gasteiger partial charge in [-0.2, -0.15) is 0 Å². The van der Waals surface area contributed by atoms with Gasteiger partial charge in [0, 0.05) is 42.5 Å². The van der Waals surface area contributed by atoms with Crippen molar-refractivity contribution in [2.75, 3.05) is 23.3 Å². The molecule has 2 fully saturated rings. The Balaban J connectivity index is 1.08. The van der Waals surface area contributed by atoms with Crippen LogP contribution in [0.5, 0.6) is 0 Å². The summed E-state index contributed by atoms with van der Waals surface area (Å²) < 4.78 is 6.07. The normalized spacial score (nSPS) is 17.7. The molecular formula is C35H35N5O5. The fourth-order valence-electron chi connectivity index (χ4n) is 6.18. The molecule has 4 amide bonds. The van der Waals surface area contributed by atoms with Crippen LogP contribution in [0.4, 0.5) is 11.4 Å². The molecule has 2 aliphatic heterocycles. The molecule has 230 valence electrons. The maximum atomic E-state index is 13.1. The monoisotopic (exact) mass is 605 g/mol. The van der Waals surface area contributed by atoms with Gasteiger partial charge in [0.15, 0.2) is 5.76 Å². The van der Waals surface area contributed by atoms with E-state index in [0.717, 1.165) is 48.2 Å². The Morgan fingerprint density at radius 3 is 2.36 bits per heavy atom. The summed E-state index contributed by atoms with van der Waals surface area (Å²) in [6.45, 7) is 2.74. The summed E-state index contributed by atoms with van der Waals surface area (Å²) in [6, 6.07) is 24.1. The Bertz CT molecular complexity index is 1670. The summed E-state index contributed by atoms with van der Waals surface area (Å²) in [5.74, 6) is 0.553. The molecule has 10 heteroatoms. The summed E-state index contributed by atoms with van der Waals surface area (Å²) in [7, 11) is 0. The third-order valence-electron chi connectivity index (χ3n) is 8.48. The SMILES string of the molecule is CC(=O)N(C=O)C1CCCN1c1ccc(-c2ncc(-c3ccc(NC(=O)[C@@H]4CCCN4C(=O)Cc4ccccc4)cc3)o2)cc1. The van der Waals surface area contributed by atoms with Crippen LogP contribution in [0.25, 0.3) is 22.8 Å². The molecule has 3 heterocycles. The van der Waals surface area contributed by atoms with Crippen LogP contribution in [-0.4, -0.2) is 64.2 Å². The van der Waals surface area contributed by atoms with Crippen molar-refractivity contribution in [2.45, 2.75) is 51.2 Å². The molecule has 0 radical (unpaired) electrons. The van der Waals surface area contributed by atoms with Crippen LogP contribution >= 0.6 is 0 Å². The molecule has 2 saturated heterocycles. The lowest BCUT2D eigenvalue weighted by Gasteiger charge is -2.32. The fourth-order valence-corrected chi connectivity index (χ4v) is 6.18. The van der Waals surface area contributed by atoms with Crippen molar-refractivity contribution in [3.8, 4) is 22.8 Å². The number of benzene rings is 3. The highest BCUT2D eigenvalue weighted by Gasteiger charge is 2.34. The van der Waals surface area contributed by atoms with Gasteiger partial charge in [-0.1, -0.05) is 30.3 Å². The van der Waals surface area contributed by atoms with Crippen LogP contribution in [-0.2, 0) is 25.6 Å². The number of oxazole rings is 1. The number of hydrogen-bond acceptors (Lipinski definition) is 7. The second kappa shape index (κ2) is 13.2. The van der Waals surface area contributed by atoms with Gasteiger partial charge in [-0.05, 0) is 79.8 Å². The molecule has 2 aliphatic rings. The molecule has 0 aliphatic carbocycles. The number of anilines is 2. The molecule has 1 aromatic heterocycles. The summed E-state index contributed by atoms with van der Waals surface area (Å²) in [5.41, 5.74) is 4.10. The van der Waals surface area contributed by atoms with Crippen molar-refractivity contribution in [1.29, 1.82) is 0 Å². The van der Waals surface area contributed by atoms with E-state index in [2.05, 4.69) is 15.2 Å². The molecule has 0 saturated carbocycles. The van der Waals surface area contributed by atoms with Gasteiger partial charge < -0.3 is 19.5 Å². The number of rotatable bonds is 9. The third-order valence-corrected chi connectivity index (χ3v) is 8.48. The maximum absolute atomic E-state index is 13.1. The smallest absolute Gasteiger partial charge is 0.247 e. The van der Waals surface area contributed by atoms with Gasteiger partial charge in [0.1, 0.15) is 12.2 Å². The van der Waals surface area contributed by atoms with E-state index >= 15 is 0 Å². The average molecular weight is 606 g/mol. The first kappa shape index (κ1) is 29.8. The second-order valence-electron chi connectivity index (χ2n) is 11.4. The Morgan fingerprint density at radius 2 is 1.64 bits per heavy atom. The van der Waals surface area contributed by atoms with Gasteiger partial charge in [-0.25, -0.2) is 4.98 Å². The van der Waals surface area contributed by atoms with Crippen LogP contribution in [0.15, 0.2) is 89.5 Å². The first-order chi connectivity index (χ1) is 21.9. The number of amides is 4. The van der Waals surface area contributed by atoms with Gasteiger partial charge in [0.25, 0.3) is 0 Å². The highest BCUT2D eigenvalue weighted by molar-refractivity contribution is 5.98.